The number of nitrogens with two attached hydrogens (primary N) is 1. The third-order valence-corrected chi connectivity index (χ3v) is 1.50. The average Bonchev–Trinajstić information content (AvgIpc) is 2.01. The van der Waals surface area contributed by atoms with Crippen molar-refractivity contribution in [1.29, 1.82) is 0 Å². The largest absolute Gasteiger partial charge is 0.369 e. The number of nitrogens with one attached hydrogen (secondary N) is 2. The summed E-state index contributed by atoms with van der Waals surface area (Å²) in [5, 5.41) is 2.96. The molecule has 0 aliphatic rings. The average molecular weight is 195 g/mol. The lowest BCUT2D eigenvalue weighted by Crippen LogP contribution is -2.18. The van der Waals surface area contributed by atoms with Gasteiger partial charge in [0.25, 0.3) is 5.56 Å². The van der Waals surface area contributed by atoms with Gasteiger partial charge in [0.15, 0.2) is 11.5 Å². The lowest BCUT2D eigenvalue weighted by atomic mass is 10.3. The van der Waals surface area contributed by atoms with Gasteiger partial charge in [-0.3, -0.25) is 14.8 Å². The first kappa shape index (κ1) is 10.2. The van der Waals surface area contributed by atoms with Gasteiger partial charge in [-0.15, -0.1) is 0 Å². The number of nitrogen functional groups attached to an aromatic ring is 1. The number of aromatic nitrogens is 2. The minimum absolute atomic E-state index is 0.0607. The monoisotopic (exact) mass is 195 g/mol. The highest BCUT2D eigenvalue weighted by atomic mass is 16.1. The maximum atomic E-state index is 11.3. The summed E-state index contributed by atoms with van der Waals surface area (Å²) in [6, 6.07) is 0.143. The smallest absolute Gasteiger partial charge is 0.280 e. The summed E-state index contributed by atoms with van der Waals surface area (Å²) in [5.74, 6) is 0.418. The first-order chi connectivity index (χ1) is 6.54. The van der Waals surface area contributed by atoms with Crippen LogP contribution in [0.2, 0.25) is 0 Å². The second-order valence-electron chi connectivity index (χ2n) is 3.11. The zero-order valence-electron chi connectivity index (χ0n) is 8.16. The quantitative estimate of drug-likeness (QED) is 0.612. The molecular formula is C8H13N5O. The minimum Gasteiger partial charge on any atom is -0.369 e. The van der Waals surface area contributed by atoms with Crippen molar-refractivity contribution in [3.05, 3.63) is 10.4 Å². The van der Waals surface area contributed by atoms with Gasteiger partial charge >= 0.3 is 0 Å². The van der Waals surface area contributed by atoms with E-state index in [0.717, 1.165) is 0 Å². The molecule has 0 saturated heterocycles. The Morgan fingerprint density at radius 1 is 1.64 bits per heavy atom. The molecule has 0 aliphatic carbocycles. The van der Waals surface area contributed by atoms with Crippen LogP contribution in [-0.2, 0) is 0 Å². The summed E-state index contributed by atoms with van der Waals surface area (Å²) in [4.78, 5) is 21.2. The molecule has 14 heavy (non-hydrogen) atoms. The summed E-state index contributed by atoms with van der Waals surface area (Å²) in [5.41, 5.74) is 5.16. The van der Waals surface area contributed by atoms with Gasteiger partial charge in [0, 0.05) is 6.04 Å². The first-order valence-electron chi connectivity index (χ1n) is 4.17. The third-order valence-electron chi connectivity index (χ3n) is 1.50. The number of hydrogen-bond donors (Lipinski definition) is 3. The van der Waals surface area contributed by atoms with Gasteiger partial charge in [0.1, 0.15) is 0 Å². The zero-order chi connectivity index (χ0) is 10.7. The van der Waals surface area contributed by atoms with E-state index in [4.69, 9.17) is 5.73 Å². The topological polar surface area (TPSA) is 96.2 Å². The van der Waals surface area contributed by atoms with Crippen LogP contribution in [0.3, 0.4) is 0 Å². The summed E-state index contributed by atoms with van der Waals surface area (Å²) in [6.07, 6.45) is 0. The maximum Gasteiger partial charge on any atom is 0.280 e. The predicted octanol–water partition coefficient (Wildman–Crippen LogP) is 0.504. The lowest BCUT2D eigenvalue weighted by molar-refractivity contribution is 0.886. The summed E-state index contributed by atoms with van der Waals surface area (Å²) < 4.78 is 0. The molecule has 0 bridgehead atoms. The lowest BCUT2D eigenvalue weighted by Gasteiger charge is -2.10. The predicted molar refractivity (Wildman–Crippen MR) is 57.2 cm³/mol. The second kappa shape index (κ2) is 3.91. The molecule has 0 radical (unpaired) electrons. The molecule has 1 aromatic rings. The van der Waals surface area contributed by atoms with Gasteiger partial charge < -0.3 is 11.1 Å². The van der Waals surface area contributed by atoms with Gasteiger partial charge in [-0.05, 0) is 20.6 Å². The molecule has 0 aliphatic heterocycles. The second-order valence-corrected chi connectivity index (χ2v) is 3.11. The van der Waals surface area contributed by atoms with Crippen molar-refractivity contribution in [2.24, 2.45) is 4.99 Å². The fourth-order valence-corrected chi connectivity index (χ4v) is 1.01. The number of aliphatic imine (C=N–C) groups is 1. The minimum atomic E-state index is -0.393. The molecule has 6 nitrogen and oxygen atoms in total. The molecular weight excluding hydrogens is 182 g/mol. The molecule has 4 N–H and O–H groups in total. The van der Waals surface area contributed by atoms with Crippen LogP contribution >= 0.6 is 0 Å². The summed E-state index contributed by atoms with van der Waals surface area (Å²) >= 11 is 0. The molecule has 0 fully saturated rings. The Balaban J connectivity index is 3.25. The molecule has 0 saturated carbocycles. The van der Waals surface area contributed by atoms with Crippen molar-refractivity contribution >= 4 is 24.2 Å². The standard InChI is InChI=1S/C8H13N5O/c1-4(2)11-6-5(10-3)7(14)13-8(9)12-6/h4H,3H2,1-2H3,(H4,9,11,12,13,14). The summed E-state index contributed by atoms with van der Waals surface area (Å²) in [6.45, 7) is 7.14. The molecule has 76 valence electrons. The van der Waals surface area contributed by atoms with Crippen molar-refractivity contribution in [3.63, 3.8) is 0 Å². The van der Waals surface area contributed by atoms with Crippen LogP contribution < -0.4 is 16.6 Å². The molecule has 6 heteroatoms. The van der Waals surface area contributed by atoms with Gasteiger partial charge in [0.2, 0.25) is 5.95 Å². The van der Waals surface area contributed by atoms with Gasteiger partial charge in [-0.2, -0.15) is 4.98 Å². The van der Waals surface area contributed by atoms with E-state index in [1.165, 1.54) is 0 Å². The van der Waals surface area contributed by atoms with Crippen LogP contribution in [-0.4, -0.2) is 22.7 Å². The Morgan fingerprint density at radius 3 is 2.79 bits per heavy atom. The molecule has 0 unspecified atom stereocenters. The van der Waals surface area contributed by atoms with Crippen LogP contribution in [0.4, 0.5) is 17.5 Å². The molecule has 0 spiro atoms. The number of hydrogen-bond acceptors (Lipinski definition) is 5. The highest BCUT2D eigenvalue weighted by molar-refractivity contribution is 5.63. The molecule has 1 heterocycles. The van der Waals surface area contributed by atoms with E-state index in [0.29, 0.717) is 5.82 Å². The number of anilines is 2. The van der Waals surface area contributed by atoms with Crippen molar-refractivity contribution in [1.82, 2.24) is 9.97 Å². The van der Waals surface area contributed by atoms with Crippen LogP contribution in [0.5, 0.6) is 0 Å². The van der Waals surface area contributed by atoms with Crippen molar-refractivity contribution in [2.45, 2.75) is 19.9 Å². The van der Waals surface area contributed by atoms with Crippen LogP contribution in [0.1, 0.15) is 13.8 Å². The normalized spacial score (nSPS) is 10.2. The highest BCUT2D eigenvalue weighted by Crippen LogP contribution is 2.17. The molecule has 0 amide bonds. The Kier molecular flexibility index (Phi) is 2.85. The number of aromatic amines is 1. The van der Waals surface area contributed by atoms with E-state index >= 15 is 0 Å². The number of rotatable bonds is 3. The van der Waals surface area contributed by atoms with E-state index in [1.54, 1.807) is 0 Å². The van der Waals surface area contributed by atoms with E-state index < -0.39 is 5.56 Å². The third kappa shape index (κ3) is 2.09. The van der Waals surface area contributed by atoms with Gasteiger partial charge in [0.05, 0.1) is 0 Å². The van der Waals surface area contributed by atoms with E-state index in [-0.39, 0.29) is 17.7 Å². The fourth-order valence-electron chi connectivity index (χ4n) is 1.01. The Morgan fingerprint density at radius 2 is 2.29 bits per heavy atom. The van der Waals surface area contributed by atoms with E-state index in [9.17, 15) is 4.79 Å². The maximum absolute atomic E-state index is 11.3. The van der Waals surface area contributed by atoms with Crippen molar-refractivity contribution in [2.75, 3.05) is 11.1 Å². The SMILES string of the molecule is C=Nc1c(NC(C)C)nc(N)[nH]c1=O. The fraction of sp³-hybridized carbons (Fsp3) is 0.375. The first-order valence-corrected chi connectivity index (χ1v) is 4.17. The van der Waals surface area contributed by atoms with Gasteiger partial charge in [-0.25, -0.2) is 0 Å². The zero-order valence-corrected chi connectivity index (χ0v) is 8.16. The molecule has 1 aromatic heterocycles. The molecule has 0 aromatic carbocycles. The molecule has 0 atom stereocenters. The van der Waals surface area contributed by atoms with Crippen molar-refractivity contribution < 1.29 is 0 Å². The van der Waals surface area contributed by atoms with Crippen LogP contribution in [0.25, 0.3) is 0 Å². The van der Waals surface area contributed by atoms with Gasteiger partial charge in [-0.1, -0.05) is 0 Å². The van der Waals surface area contributed by atoms with E-state index in [1.807, 2.05) is 13.8 Å². The van der Waals surface area contributed by atoms with Crippen LogP contribution in [0.15, 0.2) is 9.79 Å². The summed E-state index contributed by atoms with van der Waals surface area (Å²) in [7, 11) is 0. The molecule has 1 rings (SSSR count). The Labute approximate surface area is 81.3 Å². The number of nitrogens with zero attached hydrogens (tertiary/aromatic N) is 2. The van der Waals surface area contributed by atoms with Crippen LogP contribution in [0, 0.1) is 0 Å². The number of H-pyrrole nitrogens is 1. The van der Waals surface area contributed by atoms with Crippen molar-refractivity contribution in [3.8, 4) is 0 Å². The Bertz CT molecular complexity index is 395. The van der Waals surface area contributed by atoms with E-state index in [2.05, 4.69) is 27.0 Å². The Hall–Kier alpha value is -1.85. The highest BCUT2D eigenvalue weighted by Gasteiger charge is 2.09.